The fourth-order valence-electron chi connectivity index (χ4n) is 3.29. The topological polar surface area (TPSA) is 118 Å². The number of nitrogens with two attached hydrogens (primary N) is 1. The molecule has 9 nitrogen and oxygen atoms in total. The van der Waals surface area contributed by atoms with E-state index in [-0.39, 0.29) is 24.1 Å². The first kappa shape index (κ1) is 21.3. The van der Waals surface area contributed by atoms with Crippen molar-refractivity contribution in [2.75, 3.05) is 22.1 Å². The molecule has 1 saturated heterocycles. The van der Waals surface area contributed by atoms with Crippen molar-refractivity contribution in [3.05, 3.63) is 60.0 Å². The molecule has 2 aromatic heterocycles. The summed E-state index contributed by atoms with van der Waals surface area (Å²) in [4.78, 5) is 26.4. The molecule has 3 aromatic rings. The lowest BCUT2D eigenvalue weighted by molar-refractivity contribution is -0.137. The molecule has 0 saturated carbocycles. The van der Waals surface area contributed by atoms with Gasteiger partial charge in [0.15, 0.2) is 6.23 Å². The maximum absolute atomic E-state index is 13.0. The van der Waals surface area contributed by atoms with Gasteiger partial charge in [-0.3, -0.25) is 14.8 Å². The summed E-state index contributed by atoms with van der Waals surface area (Å²) in [5.74, 6) is 0.681. The predicted octanol–water partition coefficient (Wildman–Crippen LogP) is 3.34. The van der Waals surface area contributed by atoms with Crippen LogP contribution in [0.25, 0.3) is 0 Å². The SMILES string of the molecule is Cc1cc(Oc2ccnc(N)n2)ccc1N1C(=O)N(c2cncc(C(F)(F)F)c2)C[C@H]1O. The van der Waals surface area contributed by atoms with Crippen molar-refractivity contribution in [1.29, 1.82) is 0 Å². The van der Waals surface area contributed by atoms with Crippen LogP contribution < -0.4 is 20.3 Å². The summed E-state index contributed by atoms with van der Waals surface area (Å²) in [5, 5.41) is 10.5. The number of aliphatic hydroxyl groups excluding tert-OH is 1. The second-order valence-corrected chi connectivity index (χ2v) is 6.98. The van der Waals surface area contributed by atoms with E-state index in [1.165, 1.54) is 12.3 Å². The Hall–Kier alpha value is -3.93. The summed E-state index contributed by atoms with van der Waals surface area (Å²) in [7, 11) is 0. The van der Waals surface area contributed by atoms with Crippen LogP contribution in [0.3, 0.4) is 0 Å². The number of amides is 2. The Morgan fingerprint density at radius 3 is 2.69 bits per heavy atom. The second-order valence-electron chi connectivity index (χ2n) is 6.98. The summed E-state index contributed by atoms with van der Waals surface area (Å²) in [6.45, 7) is 1.48. The lowest BCUT2D eigenvalue weighted by atomic mass is 10.1. The fourth-order valence-corrected chi connectivity index (χ4v) is 3.29. The number of rotatable bonds is 4. The Balaban J connectivity index is 1.58. The Bertz CT molecular complexity index is 1170. The van der Waals surface area contributed by atoms with E-state index < -0.39 is 24.0 Å². The van der Waals surface area contributed by atoms with Crippen LogP contribution in [0.1, 0.15) is 11.1 Å². The summed E-state index contributed by atoms with van der Waals surface area (Å²) in [6.07, 6.45) is -2.63. The number of ether oxygens (including phenoxy) is 1. The monoisotopic (exact) mass is 446 g/mol. The minimum absolute atomic E-state index is 0.0470. The van der Waals surface area contributed by atoms with Gasteiger partial charge in [0, 0.05) is 18.5 Å². The highest BCUT2D eigenvalue weighted by Crippen LogP contribution is 2.35. The summed E-state index contributed by atoms with van der Waals surface area (Å²) in [5.41, 5.74) is 5.43. The largest absolute Gasteiger partial charge is 0.439 e. The normalized spacial score (nSPS) is 16.5. The van der Waals surface area contributed by atoms with E-state index in [2.05, 4.69) is 15.0 Å². The van der Waals surface area contributed by atoms with Crippen LogP contribution in [-0.2, 0) is 6.18 Å². The fraction of sp³-hybridized carbons (Fsp3) is 0.200. The lowest BCUT2D eigenvalue weighted by Crippen LogP contribution is -2.35. The maximum atomic E-state index is 13.0. The quantitative estimate of drug-likeness (QED) is 0.631. The van der Waals surface area contributed by atoms with Crippen LogP contribution in [0.5, 0.6) is 11.6 Å². The number of anilines is 3. The van der Waals surface area contributed by atoms with Gasteiger partial charge < -0.3 is 15.6 Å². The second kappa shape index (κ2) is 7.96. The third kappa shape index (κ3) is 4.12. The lowest BCUT2D eigenvalue weighted by Gasteiger charge is -2.22. The average molecular weight is 446 g/mol. The van der Waals surface area contributed by atoms with E-state index in [9.17, 15) is 23.1 Å². The molecule has 32 heavy (non-hydrogen) atoms. The third-order valence-corrected chi connectivity index (χ3v) is 4.74. The van der Waals surface area contributed by atoms with Gasteiger partial charge in [0.1, 0.15) is 5.75 Å². The van der Waals surface area contributed by atoms with Crippen molar-refractivity contribution >= 4 is 23.4 Å². The zero-order chi connectivity index (χ0) is 23.0. The molecule has 0 unspecified atom stereocenters. The standard InChI is InChI=1S/C20H17F3N6O3/c1-11-6-14(32-16-4-5-26-18(24)27-16)2-3-15(11)29-17(30)10-28(19(29)31)13-7-12(8-25-9-13)20(21,22)23/h2-9,17,30H,10H2,1H3,(H2,24,26,27)/t17-/m1/s1. The molecule has 12 heteroatoms. The van der Waals surface area contributed by atoms with Crippen LogP contribution in [0, 0.1) is 6.92 Å². The van der Waals surface area contributed by atoms with Gasteiger partial charge in [0.05, 0.1) is 29.7 Å². The van der Waals surface area contributed by atoms with Crippen LogP contribution in [-0.4, -0.2) is 38.9 Å². The molecule has 0 radical (unpaired) electrons. The molecule has 0 aliphatic carbocycles. The van der Waals surface area contributed by atoms with Crippen LogP contribution in [0.2, 0.25) is 0 Å². The van der Waals surface area contributed by atoms with E-state index in [0.717, 1.165) is 22.1 Å². The van der Waals surface area contributed by atoms with E-state index >= 15 is 0 Å². The number of carbonyl (C=O) groups is 1. The number of hydrogen-bond donors (Lipinski definition) is 2. The van der Waals surface area contributed by atoms with Crippen molar-refractivity contribution in [2.45, 2.75) is 19.3 Å². The van der Waals surface area contributed by atoms with Crippen molar-refractivity contribution in [3.8, 4) is 11.6 Å². The highest BCUT2D eigenvalue weighted by atomic mass is 19.4. The Labute approximate surface area is 179 Å². The van der Waals surface area contributed by atoms with Gasteiger partial charge in [0.2, 0.25) is 11.8 Å². The number of aryl methyl sites for hydroxylation is 1. The zero-order valence-corrected chi connectivity index (χ0v) is 16.6. The van der Waals surface area contributed by atoms with Crippen molar-refractivity contribution in [1.82, 2.24) is 15.0 Å². The average Bonchev–Trinajstić information content (AvgIpc) is 3.02. The smallest absolute Gasteiger partial charge is 0.417 e. The van der Waals surface area contributed by atoms with E-state index in [1.807, 2.05) is 0 Å². The molecule has 3 N–H and O–H groups in total. The van der Waals surface area contributed by atoms with Gasteiger partial charge in [-0.25, -0.2) is 9.78 Å². The third-order valence-electron chi connectivity index (χ3n) is 4.74. The van der Waals surface area contributed by atoms with E-state index in [1.54, 1.807) is 25.1 Å². The molecule has 4 rings (SSSR count). The number of benzene rings is 1. The van der Waals surface area contributed by atoms with Crippen molar-refractivity contribution < 1.29 is 27.8 Å². The van der Waals surface area contributed by atoms with Gasteiger partial charge in [-0.15, -0.1) is 0 Å². The number of carbonyl (C=O) groups excluding carboxylic acids is 1. The number of aromatic nitrogens is 3. The van der Waals surface area contributed by atoms with E-state index in [0.29, 0.717) is 23.2 Å². The molecule has 1 fully saturated rings. The Kier molecular flexibility index (Phi) is 5.30. The molecule has 2 amide bonds. The minimum Gasteiger partial charge on any atom is -0.439 e. The number of nitrogen functional groups attached to an aromatic ring is 1. The van der Waals surface area contributed by atoms with Gasteiger partial charge in [-0.2, -0.15) is 18.2 Å². The van der Waals surface area contributed by atoms with Crippen LogP contribution in [0.15, 0.2) is 48.9 Å². The number of alkyl halides is 3. The molecule has 1 aliphatic rings. The predicted molar refractivity (Wildman–Crippen MR) is 108 cm³/mol. The first-order valence-corrected chi connectivity index (χ1v) is 9.31. The first-order valence-electron chi connectivity index (χ1n) is 9.31. The summed E-state index contributed by atoms with van der Waals surface area (Å²) >= 11 is 0. The number of aliphatic hydroxyl groups is 1. The van der Waals surface area contributed by atoms with Crippen molar-refractivity contribution in [2.24, 2.45) is 0 Å². The molecule has 3 heterocycles. The number of halogens is 3. The highest BCUT2D eigenvalue weighted by Gasteiger charge is 2.40. The molecular weight excluding hydrogens is 429 g/mol. The Morgan fingerprint density at radius 1 is 1.22 bits per heavy atom. The molecular formula is C20H17F3N6O3. The maximum Gasteiger partial charge on any atom is 0.417 e. The summed E-state index contributed by atoms with van der Waals surface area (Å²) < 4.78 is 44.7. The van der Waals surface area contributed by atoms with Gasteiger partial charge in [0.25, 0.3) is 0 Å². The molecule has 1 atom stereocenters. The number of nitrogens with zero attached hydrogens (tertiary/aromatic N) is 5. The van der Waals surface area contributed by atoms with Gasteiger partial charge >= 0.3 is 12.2 Å². The molecule has 1 aromatic carbocycles. The highest BCUT2D eigenvalue weighted by molar-refractivity contribution is 6.06. The van der Waals surface area contributed by atoms with Crippen LogP contribution in [0.4, 0.5) is 35.3 Å². The number of hydrogen-bond acceptors (Lipinski definition) is 7. The minimum atomic E-state index is -4.61. The number of urea groups is 1. The van der Waals surface area contributed by atoms with Gasteiger partial charge in [-0.1, -0.05) is 0 Å². The van der Waals surface area contributed by atoms with Crippen LogP contribution >= 0.6 is 0 Å². The number of pyridine rings is 1. The molecule has 0 spiro atoms. The first-order chi connectivity index (χ1) is 15.1. The molecule has 166 valence electrons. The van der Waals surface area contributed by atoms with E-state index in [4.69, 9.17) is 10.5 Å². The molecule has 1 aliphatic heterocycles. The van der Waals surface area contributed by atoms with Crippen molar-refractivity contribution in [3.63, 3.8) is 0 Å². The number of β-amino-alcohol motifs (C(OH)–C–C–N with tert-alkyl or cyclic N) is 1. The van der Waals surface area contributed by atoms with Gasteiger partial charge in [-0.05, 0) is 36.8 Å². The molecule has 0 bridgehead atoms. The zero-order valence-electron chi connectivity index (χ0n) is 16.6. The summed E-state index contributed by atoms with van der Waals surface area (Å²) in [6, 6.07) is 6.41. The Morgan fingerprint density at radius 2 is 2.00 bits per heavy atom.